The third-order valence-corrected chi connectivity index (χ3v) is 3.66. The summed E-state index contributed by atoms with van der Waals surface area (Å²) in [4.78, 5) is 18.1. The Kier molecular flexibility index (Phi) is 4.09. The molecule has 1 amide bonds. The van der Waals surface area contributed by atoms with Crippen molar-refractivity contribution >= 4 is 17.2 Å². The number of aromatic nitrogens is 1. The van der Waals surface area contributed by atoms with Crippen LogP contribution in [0, 0.1) is 5.92 Å². The van der Waals surface area contributed by atoms with Crippen LogP contribution in [0.3, 0.4) is 0 Å². The Labute approximate surface area is 105 Å². The average Bonchev–Trinajstić information content (AvgIpc) is 2.97. The van der Waals surface area contributed by atoms with Crippen molar-refractivity contribution in [1.82, 2.24) is 15.2 Å². The van der Waals surface area contributed by atoms with Crippen molar-refractivity contribution in [3.63, 3.8) is 0 Å². The maximum absolute atomic E-state index is 12.2. The lowest BCUT2D eigenvalue weighted by Gasteiger charge is -2.23. The monoisotopic (exact) mass is 255 g/mol. The Balaban J connectivity index is 1.94. The van der Waals surface area contributed by atoms with Crippen molar-refractivity contribution in [1.29, 1.82) is 0 Å². The minimum absolute atomic E-state index is 0.0800. The second-order valence-electron chi connectivity index (χ2n) is 4.21. The average molecular weight is 255 g/mol. The molecule has 1 aromatic heterocycles. The third kappa shape index (κ3) is 2.83. The normalized spacial score (nSPS) is 23.9. The van der Waals surface area contributed by atoms with E-state index in [4.69, 9.17) is 4.74 Å². The first-order valence-electron chi connectivity index (χ1n) is 5.59. The fourth-order valence-corrected chi connectivity index (χ4v) is 2.55. The number of carbonyl (C=O) groups is 1. The maximum atomic E-state index is 12.2. The number of rotatable bonds is 4. The van der Waals surface area contributed by atoms with Crippen molar-refractivity contribution in [3.8, 4) is 0 Å². The van der Waals surface area contributed by atoms with Crippen LogP contribution < -0.4 is 5.32 Å². The Bertz CT molecular complexity index is 369. The molecule has 94 valence electrons. The molecule has 1 N–H and O–H groups in total. The number of nitrogens with zero attached hydrogens (tertiary/aromatic N) is 2. The molecule has 1 aromatic rings. The summed E-state index contributed by atoms with van der Waals surface area (Å²) in [7, 11) is 3.67. The predicted octanol–water partition coefficient (Wildman–Crippen LogP) is 0.336. The third-order valence-electron chi connectivity index (χ3n) is 3.03. The van der Waals surface area contributed by atoms with Gasteiger partial charge in [0.05, 0.1) is 36.9 Å². The minimum Gasteiger partial charge on any atom is -0.379 e. The molecular weight excluding hydrogens is 238 g/mol. The molecule has 0 radical (unpaired) electrons. The summed E-state index contributed by atoms with van der Waals surface area (Å²) in [5, 5.41) is 5.09. The largest absolute Gasteiger partial charge is 0.379 e. The summed E-state index contributed by atoms with van der Waals surface area (Å²) in [6, 6.07) is 0.125. The number of amides is 1. The molecule has 1 fully saturated rings. The zero-order valence-electron chi connectivity index (χ0n) is 10.0. The van der Waals surface area contributed by atoms with E-state index < -0.39 is 0 Å². The lowest BCUT2D eigenvalue weighted by molar-refractivity contribution is -0.135. The minimum atomic E-state index is -0.0800. The van der Waals surface area contributed by atoms with Crippen molar-refractivity contribution in [2.45, 2.75) is 12.6 Å². The van der Waals surface area contributed by atoms with Gasteiger partial charge in [-0.2, -0.15) is 0 Å². The fraction of sp³-hybridized carbons (Fsp3) is 0.636. The van der Waals surface area contributed by atoms with Gasteiger partial charge in [-0.25, -0.2) is 4.98 Å². The first kappa shape index (κ1) is 12.5. The number of carbonyl (C=O) groups excluding carboxylic acids is 1. The summed E-state index contributed by atoms with van der Waals surface area (Å²) >= 11 is 1.54. The van der Waals surface area contributed by atoms with Crippen molar-refractivity contribution in [3.05, 3.63) is 16.6 Å². The van der Waals surface area contributed by atoms with Crippen LogP contribution in [0.5, 0.6) is 0 Å². The smallest absolute Gasteiger partial charge is 0.229 e. The highest BCUT2D eigenvalue weighted by Crippen LogP contribution is 2.17. The molecule has 0 saturated carbocycles. The zero-order valence-corrected chi connectivity index (χ0v) is 10.9. The van der Waals surface area contributed by atoms with E-state index in [9.17, 15) is 4.79 Å². The molecule has 2 atom stereocenters. The summed E-state index contributed by atoms with van der Waals surface area (Å²) in [6.45, 7) is 1.68. The molecule has 5 nitrogen and oxygen atoms in total. The first-order chi connectivity index (χ1) is 8.22. The van der Waals surface area contributed by atoms with E-state index in [1.165, 1.54) is 0 Å². The Morgan fingerprint density at radius 1 is 1.71 bits per heavy atom. The van der Waals surface area contributed by atoms with Crippen molar-refractivity contribution in [2.75, 3.05) is 27.3 Å². The lowest BCUT2D eigenvalue weighted by atomic mass is 10.0. The fourth-order valence-electron chi connectivity index (χ4n) is 2.00. The van der Waals surface area contributed by atoms with E-state index in [1.54, 1.807) is 21.7 Å². The molecule has 2 unspecified atom stereocenters. The number of likely N-dealkylation sites (N-methyl/N-ethyl adjacent to an activating group) is 1. The molecule has 1 aliphatic heterocycles. The van der Waals surface area contributed by atoms with E-state index in [0.717, 1.165) is 5.69 Å². The topological polar surface area (TPSA) is 54.5 Å². The van der Waals surface area contributed by atoms with Gasteiger partial charge < -0.3 is 15.0 Å². The van der Waals surface area contributed by atoms with Crippen LogP contribution in [-0.2, 0) is 16.1 Å². The van der Waals surface area contributed by atoms with E-state index in [0.29, 0.717) is 19.8 Å². The summed E-state index contributed by atoms with van der Waals surface area (Å²) in [6.07, 6.45) is 0. The maximum Gasteiger partial charge on any atom is 0.229 e. The molecular formula is C11H17N3O2S. The van der Waals surface area contributed by atoms with Crippen LogP contribution in [0.15, 0.2) is 10.9 Å². The van der Waals surface area contributed by atoms with Gasteiger partial charge in [-0.1, -0.05) is 0 Å². The highest BCUT2D eigenvalue weighted by Gasteiger charge is 2.34. The van der Waals surface area contributed by atoms with Gasteiger partial charge in [-0.15, -0.1) is 11.3 Å². The molecule has 17 heavy (non-hydrogen) atoms. The molecule has 1 aliphatic rings. The molecule has 0 aliphatic carbocycles. The van der Waals surface area contributed by atoms with Crippen LogP contribution in [0.2, 0.25) is 0 Å². The number of hydrogen-bond donors (Lipinski definition) is 1. The number of thiazole rings is 1. The summed E-state index contributed by atoms with van der Waals surface area (Å²) in [5.74, 6) is 0.0403. The standard InChI is InChI=1S/C11H17N3O2S/c1-12-10-5-16-4-9(10)11(15)14(2)3-8-6-17-7-13-8/h6-7,9-10,12H,3-5H2,1-2H3. The highest BCUT2D eigenvalue weighted by molar-refractivity contribution is 7.07. The van der Waals surface area contributed by atoms with E-state index in [-0.39, 0.29) is 17.9 Å². The van der Waals surface area contributed by atoms with E-state index in [2.05, 4.69) is 10.3 Å². The Morgan fingerprint density at radius 3 is 3.18 bits per heavy atom. The zero-order chi connectivity index (χ0) is 12.3. The van der Waals surface area contributed by atoms with Gasteiger partial charge in [-0.3, -0.25) is 4.79 Å². The van der Waals surface area contributed by atoms with E-state index >= 15 is 0 Å². The molecule has 1 saturated heterocycles. The van der Waals surface area contributed by atoms with Gasteiger partial charge in [0, 0.05) is 18.5 Å². The van der Waals surface area contributed by atoms with Crippen LogP contribution in [0.1, 0.15) is 5.69 Å². The van der Waals surface area contributed by atoms with Crippen LogP contribution in [0.4, 0.5) is 0 Å². The van der Waals surface area contributed by atoms with Gasteiger partial charge in [0.1, 0.15) is 0 Å². The van der Waals surface area contributed by atoms with Gasteiger partial charge in [0.15, 0.2) is 0 Å². The van der Waals surface area contributed by atoms with Crippen LogP contribution in [-0.4, -0.2) is 49.1 Å². The molecule has 2 heterocycles. The molecule has 0 aromatic carbocycles. The van der Waals surface area contributed by atoms with E-state index in [1.807, 2.05) is 19.5 Å². The molecule has 2 rings (SSSR count). The van der Waals surface area contributed by atoms with Gasteiger partial charge in [0.2, 0.25) is 5.91 Å². The lowest BCUT2D eigenvalue weighted by Crippen LogP contribution is -2.43. The second kappa shape index (κ2) is 5.57. The molecule has 0 bridgehead atoms. The quantitative estimate of drug-likeness (QED) is 0.843. The molecule has 0 spiro atoms. The van der Waals surface area contributed by atoms with Crippen molar-refractivity contribution in [2.24, 2.45) is 5.92 Å². The number of ether oxygens (including phenoxy) is 1. The van der Waals surface area contributed by atoms with Gasteiger partial charge in [-0.05, 0) is 7.05 Å². The Morgan fingerprint density at radius 2 is 2.53 bits per heavy atom. The SMILES string of the molecule is CNC1COCC1C(=O)N(C)Cc1cscn1. The van der Waals surface area contributed by atoms with Gasteiger partial charge >= 0.3 is 0 Å². The second-order valence-corrected chi connectivity index (χ2v) is 4.93. The summed E-state index contributed by atoms with van der Waals surface area (Å²) < 4.78 is 5.34. The van der Waals surface area contributed by atoms with Crippen LogP contribution in [0.25, 0.3) is 0 Å². The predicted molar refractivity (Wildman–Crippen MR) is 65.7 cm³/mol. The van der Waals surface area contributed by atoms with Crippen LogP contribution >= 0.6 is 11.3 Å². The first-order valence-corrected chi connectivity index (χ1v) is 6.53. The highest BCUT2D eigenvalue weighted by atomic mass is 32.1. The number of nitrogens with one attached hydrogen (secondary N) is 1. The Hall–Kier alpha value is -0.980. The van der Waals surface area contributed by atoms with Gasteiger partial charge in [0.25, 0.3) is 0 Å². The van der Waals surface area contributed by atoms with Crippen molar-refractivity contribution < 1.29 is 9.53 Å². The molecule has 6 heteroatoms. The summed E-state index contributed by atoms with van der Waals surface area (Å²) in [5.41, 5.74) is 2.72. The number of hydrogen-bond acceptors (Lipinski definition) is 5.